The Hall–Kier alpha value is -2.61. The van der Waals surface area contributed by atoms with Gasteiger partial charge in [0.1, 0.15) is 11.5 Å². The minimum absolute atomic E-state index is 0.0523. The summed E-state index contributed by atoms with van der Waals surface area (Å²) in [5.74, 6) is -1.16. The van der Waals surface area contributed by atoms with Crippen LogP contribution >= 0.6 is 0 Å². The van der Waals surface area contributed by atoms with E-state index in [-0.39, 0.29) is 34.0 Å². The maximum Gasteiger partial charge on any atom is 0.305 e. The summed E-state index contributed by atoms with van der Waals surface area (Å²) < 4.78 is 29.9. The van der Waals surface area contributed by atoms with Crippen LogP contribution < -0.4 is 10.9 Å². The quantitative estimate of drug-likeness (QED) is 0.789. The number of hydrogen-bond donors (Lipinski definition) is 2. The van der Waals surface area contributed by atoms with Gasteiger partial charge in [-0.3, -0.25) is 20.4 Å². The van der Waals surface area contributed by atoms with Crippen LogP contribution in [0.2, 0.25) is 0 Å². The summed E-state index contributed by atoms with van der Waals surface area (Å²) in [7, 11) is -3.55. The summed E-state index contributed by atoms with van der Waals surface area (Å²) in [6, 6.07) is 10.8. The number of rotatable bonds is 5. The minimum atomic E-state index is -3.55. The third-order valence-electron chi connectivity index (χ3n) is 4.10. The van der Waals surface area contributed by atoms with E-state index < -0.39 is 15.7 Å². The van der Waals surface area contributed by atoms with Crippen LogP contribution in [0.1, 0.15) is 35.6 Å². The Kier molecular flexibility index (Phi) is 4.89. The van der Waals surface area contributed by atoms with Crippen LogP contribution in [-0.2, 0) is 20.4 Å². The van der Waals surface area contributed by atoms with Crippen LogP contribution in [0.3, 0.4) is 0 Å². The minimum Gasteiger partial charge on any atom is -0.455 e. The molecule has 0 radical (unpaired) electrons. The number of furan rings is 1. The van der Waals surface area contributed by atoms with Gasteiger partial charge in [0, 0.05) is 5.92 Å². The highest BCUT2D eigenvalue weighted by atomic mass is 32.2. The zero-order valence-corrected chi connectivity index (χ0v) is 14.2. The van der Waals surface area contributed by atoms with Crippen LogP contribution in [0.15, 0.2) is 51.8 Å². The van der Waals surface area contributed by atoms with Gasteiger partial charge in [0.15, 0.2) is 15.6 Å². The van der Waals surface area contributed by atoms with E-state index in [1.807, 2.05) is 0 Å². The van der Waals surface area contributed by atoms with Crippen molar-refractivity contribution in [3.8, 4) is 0 Å². The molecule has 0 atom stereocenters. The van der Waals surface area contributed by atoms with E-state index in [4.69, 9.17) is 4.42 Å². The average Bonchev–Trinajstić information content (AvgIpc) is 2.99. The standard InChI is InChI=1S/C17H18N2O5S/c20-16(12-5-4-6-12)18-19-17(21)15-10-9-13(24-15)11-25(22,23)14-7-2-1-3-8-14/h1-3,7-10,12H,4-6,11H2,(H,18,20)(H,19,21). The first-order valence-corrected chi connectivity index (χ1v) is 9.57. The number of amides is 2. The predicted molar refractivity (Wildman–Crippen MR) is 89.0 cm³/mol. The van der Waals surface area contributed by atoms with Gasteiger partial charge in [-0.15, -0.1) is 0 Å². The van der Waals surface area contributed by atoms with Gasteiger partial charge in [-0.2, -0.15) is 0 Å². The van der Waals surface area contributed by atoms with Crippen molar-refractivity contribution in [1.82, 2.24) is 10.9 Å². The van der Waals surface area contributed by atoms with Gasteiger partial charge in [-0.05, 0) is 37.1 Å². The maximum atomic E-state index is 12.3. The molecule has 132 valence electrons. The molecule has 8 heteroatoms. The first kappa shape index (κ1) is 17.2. The van der Waals surface area contributed by atoms with Crippen molar-refractivity contribution in [3.05, 3.63) is 54.0 Å². The van der Waals surface area contributed by atoms with Crippen LogP contribution in [0.5, 0.6) is 0 Å². The summed E-state index contributed by atoms with van der Waals surface area (Å²) in [6.07, 6.45) is 2.66. The Morgan fingerprint density at radius 2 is 1.76 bits per heavy atom. The molecule has 1 aliphatic rings. The number of carbonyl (C=O) groups excluding carboxylic acids is 2. The molecule has 0 aliphatic heterocycles. The first-order chi connectivity index (χ1) is 12.0. The molecule has 2 amide bonds. The van der Waals surface area contributed by atoms with E-state index in [1.54, 1.807) is 18.2 Å². The molecule has 1 heterocycles. The monoisotopic (exact) mass is 362 g/mol. The summed E-state index contributed by atoms with van der Waals surface area (Å²) in [6.45, 7) is 0. The average molecular weight is 362 g/mol. The molecule has 1 saturated carbocycles. The van der Waals surface area contributed by atoms with Crippen molar-refractivity contribution in [2.45, 2.75) is 29.9 Å². The Labute approximate surface area is 145 Å². The van der Waals surface area contributed by atoms with Gasteiger partial charge in [0.2, 0.25) is 5.91 Å². The van der Waals surface area contributed by atoms with Gasteiger partial charge in [0.05, 0.1) is 4.90 Å². The molecule has 2 aromatic rings. The fourth-order valence-electron chi connectivity index (χ4n) is 2.43. The first-order valence-electron chi connectivity index (χ1n) is 7.92. The Bertz CT molecular complexity index is 869. The van der Waals surface area contributed by atoms with Crippen molar-refractivity contribution in [1.29, 1.82) is 0 Å². The molecule has 0 saturated heterocycles. The summed E-state index contributed by atoms with van der Waals surface area (Å²) in [5, 5.41) is 0. The molecule has 2 N–H and O–H groups in total. The normalized spacial score (nSPS) is 14.6. The highest BCUT2D eigenvalue weighted by Crippen LogP contribution is 2.25. The van der Waals surface area contributed by atoms with Crippen molar-refractivity contribution in [3.63, 3.8) is 0 Å². The largest absolute Gasteiger partial charge is 0.455 e. The molecule has 3 rings (SSSR count). The second-order valence-corrected chi connectivity index (χ2v) is 7.90. The molecular weight excluding hydrogens is 344 g/mol. The van der Waals surface area contributed by atoms with E-state index in [0.29, 0.717) is 0 Å². The van der Waals surface area contributed by atoms with Gasteiger partial charge in [-0.1, -0.05) is 24.6 Å². The number of carbonyl (C=O) groups is 2. The SMILES string of the molecule is O=C(NNC(=O)C1CCC1)c1ccc(CS(=O)(=O)c2ccccc2)o1. The molecular formula is C17H18N2O5S. The van der Waals surface area contributed by atoms with Crippen LogP contribution in [-0.4, -0.2) is 20.2 Å². The van der Waals surface area contributed by atoms with Crippen molar-refractivity contribution in [2.24, 2.45) is 5.92 Å². The third-order valence-corrected chi connectivity index (χ3v) is 5.75. The van der Waals surface area contributed by atoms with Crippen molar-refractivity contribution < 1.29 is 22.4 Å². The highest BCUT2D eigenvalue weighted by Gasteiger charge is 2.26. The Morgan fingerprint density at radius 1 is 1.04 bits per heavy atom. The van der Waals surface area contributed by atoms with Crippen LogP contribution in [0.4, 0.5) is 0 Å². The van der Waals surface area contributed by atoms with Crippen LogP contribution in [0.25, 0.3) is 0 Å². The number of sulfone groups is 1. The lowest BCUT2D eigenvalue weighted by molar-refractivity contribution is -0.128. The lowest BCUT2D eigenvalue weighted by Gasteiger charge is -2.23. The van der Waals surface area contributed by atoms with Gasteiger partial charge in [0.25, 0.3) is 0 Å². The molecule has 0 spiro atoms. The maximum absolute atomic E-state index is 12.3. The molecule has 1 aromatic carbocycles. The molecule has 1 fully saturated rings. The van der Waals surface area contributed by atoms with Gasteiger partial charge >= 0.3 is 5.91 Å². The zero-order chi connectivity index (χ0) is 17.9. The molecule has 7 nitrogen and oxygen atoms in total. The topological polar surface area (TPSA) is 105 Å². The lowest BCUT2D eigenvalue weighted by Crippen LogP contribution is -2.45. The van der Waals surface area contributed by atoms with Crippen molar-refractivity contribution >= 4 is 21.7 Å². The third kappa shape index (κ3) is 4.08. The molecule has 1 aromatic heterocycles. The van der Waals surface area contributed by atoms with E-state index in [2.05, 4.69) is 10.9 Å². The number of benzene rings is 1. The fraction of sp³-hybridized carbons (Fsp3) is 0.294. The smallest absolute Gasteiger partial charge is 0.305 e. The molecule has 0 unspecified atom stereocenters. The Balaban J connectivity index is 1.60. The highest BCUT2D eigenvalue weighted by molar-refractivity contribution is 7.90. The van der Waals surface area contributed by atoms with Crippen LogP contribution in [0, 0.1) is 5.92 Å². The van der Waals surface area contributed by atoms with E-state index >= 15 is 0 Å². The lowest BCUT2D eigenvalue weighted by atomic mass is 9.85. The van der Waals surface area contributed by atoms with E-state index in [0.717, 1.165) is 19.3 Å². The molecule has 1 aliphatic carbocycles. The molecule has 0 bridgehead atoms. The molecule has 25 heavy (non-hydrogen) atoms. The summed E-state index contributed by atoms with van der Waals surface area (Å²) in [5.41, 5.74) is 4.62. The summed E-state index contributed by atoms with van der Waals surface area (Å²) >= 11 is 0. The van der Waals surface area contributed by atoms with E-state index in [1.165, 1.54) is 24.3 Å². The predicted octanol–water partition coefficient (Wildman–Crippen LogP) is 1.81. The van der Waals surface area contributed by atoms with Gasteiger partial charge in [-0.25, -0.2) is 8.42 Å². The van der Waals surface area contributed by atoms with E-state index in [9.17, 15) is 18.0 Å². The fourth-order valence-corrected chi connectivity index (χ4v) is 3.70. The second kappa shape index (κ2) is 7.10. The Morgan fingerprint density at radius 3 is 2.40 bits per heavy atom. The zero-order valence-electron chi connectivity index (χ0n) is 13.4. The van der Waals surface area contributed by atoms with Crippen molar-refractivity contribution in [2.75, 3.05) is 0 Å². The van der Waals surface area contributed by atoms with Gasteiger partial charge < -0.3 is 4.42 Å². The number of hydrazine groups is 1. The number of hydrogen-bond acceptors (Lipinski definition) is 5. The summed E-state index contributed by atoms with van der Waals surface area (Å²) in [4.78, 5) is 23.8. The number of nitrogens with one attached hydrogen (secondary N) is 2. The second-order valence-electron chi connectivity index (χ2n) is 5.91.